The van der Waals surface area contributed by atoms with Crippen molar-refractivity contribution in [3.63, 3.8) is 0 Å². The van der Waals surface area contributed by atoms with E-state index in [4.69, 9.17) is 14.2 Å². The molecule has 2 rings (SSSR count). The Hall–Kier alpha value is -2.53. The van der Waals surface area contributed by atoms with Gasteiger partial charge in [-0.1, -0.05) is 18.2 Å². The van der Waals surface area contributed by atoms with Crippen molar-refractivity contribution in [2.45, 2.75) is 33.4 Å². The van der Waals surface area contributed by atoms with Crippen LogP contribution in [0.4, 0.5) is 0 Å². The van der Waals surface area contributed by atoms with E-state index in [-0.39, 0.29) is 11.9 Å². The minimum absolute atomic E-state index is 0.123. The van der Waals surface area contributed by atoms with E-state index in [0.717, 1.165) is 11.1 Å². The number of nitrogens with one attached hydrogen (secondary N) is 1. The van der Waals surface area contributed by atoms with Gasteiger partial charge in [0.1, 0.15) is 0 Å². The predicted octanol–water partition coefficient (Wildman–Crippen LogP) is 4.12. The molecule has 0 fully saturated rings. The fraction of sp³-hybridized carbons (Fsp3) is 0.381. The van der Waals surface area contributed by atoms with Crippen LogP contribution in [0.1, 0.15) is 48.3 Å². The van der Waals surface area contributed by atoms with Gasteiger partial charge in [0.25, 0.3) is 5.91 Å². The Morgan fingerprint density at radius 3 is 2.46 bits per heavy atom. The summed E-state index contributed by atoms with van der Waals surface area (Å²) in [5.74, 6) is 1.28. The maximum absolute atomic E-state index is 12.6. The standard InChI is InChI=1S/C21H27NO4/c1-5-25-19-11-10-17(13-20(19)26-6-2)15(3)22-21(23)18-9-7-8-16(12-18)14-24-4/h7-13,15H,5-6,14H2,1-4H3,(H,22,23)/t15-/m1/s1. The van der Waals surface area contributed by atoms with Crippen LogP contribution in [0, 0.1) is 0 Å². The molecule has 2 aromatic carbocycles. The van der Waals surface area contributed by atoms with E-state index in [1.54, 1.807) is 13.2 Å². The highest BCUT2D eigenvalue weighted by Crippen LogP contribution is 2.30. The average molecular weight is 357 g/mol. The second kappa shape index (κ2) is 9.82. The Bertz CT molecular complexity index is 730. The molecule has 0 radical (unpaired) electrons. The monoisotopic (exact) mass is 357 g/mol. The fourth-order valence-corrected chi connectivity index (χ4v) is 2.67. The summed E-state index contributed by atoms with van der Waals surface area (Å²) in [7, 11) is 1.64. The number of hydrogen-bond acceptors (Lipinski definition) is 4. The Kier molecular flexibility index (Phi) is 7.48. The topological polar surface area (TPSA) is 56.8 Å². The first-order chi connectivity index (χ1) is 12.6. The lowest BCUT2D eigenvalue weighted by Crippen LogP contribution is -2.26. The molecule has 0 saturated heterocycles. The van der Waals surface area contributed by atoms with Gasteiger partial charge in [-0.2, -0.15) is 0 Å². The summed E-state index contributed by atoms with van der Waals surface area (Å²) in [5.41, 5.74) is 2.54. The van der Waals surface area contributed by atoms with Crippen molar-refractivity contribution < 1.29 is 19.0 Å². The van der Waals surface area contributed by atoms with Crippen molar-refractivity contribution in [2.24, 2.45) is 0 Å². The largest absolute Gasteiger partial charge is 0.490 e. The lowest BCUT2D eigenvalue weighted by molar-refractivity contribution is 0.0939. The molecule has 5 heteroatoms. The zero-order valence-corrected chi connectivity index (χ0v) is 15.9. The van der Waals surface area contributed by atoms with Crippen LogP contribution in [0.15, 0.2) is 42.5 Å². The maximum atomic E-state index is 12.6. The van der Waals surface area contributed by atoms with Crippen molar-refractivity contribution in [3.8, 4) is 11.5 Å². The molecule has 140 valence electrons. The number of benzene rings is 2. The van der Waals surface area contributed by atoms with E-state index in [0.29, 0.717) is 36.9 Å². The molecule has 0 unspecified atom stereocenters. The lowest BCUT2D eigenvalue weighted by atomic mass is 10.1. The van der Waals surface area contributed by atoms with E-state index < -0.39 is 0 Å². The third-order valence-electron chi connectivity index (χ3n) is 3.92. The minimum Gasteiger partial charge on any atom is -0.490 e. The highest BCUT2D eigenvalue weighted by atomic mass is 16.5. The Morgan fingerprint density at radius 2 is 1.77 bits per heavy atom. The van der Waals surface area contributed by atoms with Crippen LogP contribution in [-0.2, 0) is 11.3 Å². The summed E-state index contributed by atoms with van der Waals surface area (Å²) in [6, 6.07) is 13.0. The van der Waals surface area contributed by atoms with Crippen molar-refractivity contribution in [1.82, 2.24) is 5.32 Å². The molecule has 26 heavy (non-hydrogen) atoms. The summed E-state index contributed by atoms with van der Waals surface area (Å²) < 4.78 is 16.4. The van der Waals surface area contributed by atoms with E-state index in [1.165, 1.54) is 0 Å². The molecular formula is C21H27NO4. The molecule has 0 heterocycles. The van der Waals surface area contributed by atoms with Crippen LogP contribution in [0.3, 0.4) is 0 Å². The number of rotatable bonds is 9. The summed E-state index contributed by atoms with van der Waals surface area (Å²) in [4.78, 5) is 12.6. The number of carbonyl (C=O) groups is 1. The van der Waals surface area contributed by atoms with Gasteiger partial charge in [-0.3, -0.25) is 4.79 Å². The van der Waals surface area contributed by atoms with Gasteiger partial charge in [-0.25, -0.2) is 0 Å². The maximum Gasteiger partial charge on any atom is 0.251 e. The molecule has 0 saturated carbocycles. The van der Waals surface area contributed by atoms with E-state index >= 15 is 0 Å². The van der Waals surface area contributed by atoms with Crippen LogP contribution in [0.25, 0.3) is 0 Å². The van der Waals surface area contributed by atoms with E-state index in [9.17, 15) is 4.79 Å². The van der Waals surface area contributed by atoms with Gasteiger partial charge in [-0.15, -0.1) is 0 Å². The van der Waals surface area contributed by atoms with Gasteiger partial charge in [0.05, 0.1) is 25.9 Å². The van der Waals surface area contributed by atoms with Gasteiger partial charge in [0, 0.05) is 12.7 Å². The van der Waals surface area contributed by atoms with Gasteiger partial charge in [-0.05, 0) is 56.2 Å². The molecule has 0 aliphatic rings. The second-order valence-corrected chi connectivity index (χ2v) is 5.90. The average Bonchev–Trinajstić information content (AvgIpc) is 2.64. The zero-order chi connectivity index (χ0) is 18.9. The van der Waals surface area contributed by atoms with Gasteiger partial charge < -0.3 is 19.5 Å². The number of amides is 1. The summed E-state index contributed by atoms with van der Waals surface area (Å²) >= 11 is 0. The van der Waals surface area contributed by atoms with Crippen LogP contribution in [-0.4, -0.2) is 26.2 Å². The molecule has 1 amide bonds. The molecule has 0 aromatic heterocycles. The smallest absolute Gasteiger partial charge is 0.251 e. The van der Waals surface area contributed by atoms with E-state index in [2.05, 4.69) is 5.32 Å². The highest BCUT2D eigenvalue weighted by Gasteiger charge is 2.14. The minimum atomic E-state index is -0.163. The van der Waals surface area contributed by atoms with Crippen LogP contribution in [0.2, 0.25) is 0 Å². The summed E-state index contributed by atoms with van der Waals surface area (Å²) in [6.45, 7) is 7.42. The molecule has 0 bridgehead atoms. The van der Waals surface area contributed by atoms with Crippen molar-refractivity contribution >= 4 is 5.91 Å². The molecule has 2 aromatic rings. The number of methoxy groups -OCH3 is 1. The predicted molar refractivity (Wildman–Crippen MR) is 102 cm³/mol. The quantitative estimate of drug-likeness (QED) is 0.733. The Balaban J connectivity index is 2.13. The van der Waals surface area contributed by atoms with Crippen molar-refractivity contribution in [3.05, 3.63) is 59.2 Å². The van der Waals surface area contributed by atoms with Gasteiger partial charge in [0.15, 0.2) is 11.5 Å². The third-order valence-corrected chi connectivity index (χ3v) is 3.92. The first kappa shape index (κ1) is 19.8. The third kappa shape index (κ3) is 5.23. The molecular weight excluding hydrogens is 330 g/mol. The molecule has 0 aliphatic heterocycles. The normalized spacial score (nSPS) is 11.7. The lowest BCUT2D eigenvalue weighted by Gasteiger charge is -2.18. The van der Waals surface area contributed by atoms with Gasteiger partial charge >= 0.3 is 0 Å². The first-order valence-corrected chi connectivity index (χ1v) is 8.87. The molecule has 1 atom stereocenters. The SMILES string of the molecule is CCOc1ccc([C@@H](C)NC(=O)c2cccc(COC)c2)cc1OCC. The zero-order valence-electron chi connectivity index (χ0n) is 15.9. The second-order valence-electron chi connectivity index (χ2n) is 5.90. The summed E-state index contributed by atoms with van der Waals surface area (Å²) in [6.07, 6.45) is 0. The van der Waals surface area contributed by atoms with Crippen molar-refractivity contribution in [1.29, 1.82) is 0 Å². The number of carbonyl (C=O) groups excluding carboxylic acids is 1. The Morgan fingerprint density at radius 1 is 1.04 bits per heavy atom. The summed E-state index contributed by atoms with van der Waals surface area (Å²) in [5, 5.41) is 3.03. The molecule has 1 N–H and O–H groups in total. The number of ether oxygens (including phenoxy) is 3. The van der Waals surface area contributed by atoms with Crippen LogP contribution >= 0.6 is 0 Å². The number of hydrogen-bond donors (Lipinski definition) is 1. The van der Waals surface area contributed by atoms with Crippen LogP contribution in [0.5, 0.6) is 11.5 Å². The first-order valence-electron chi connectivity index (χ1n) is 8.87. The van der Waals surface area contributed by atoms with E-state index in [1.807, 2.05) is 57.2 Å². The van der Waals surface area contributed by atoms with Crippen LogP contribution < -0.4 is 14.8 Å². The fourth-order valence-electron chi connectivity index (χ4n) is 2.67. The van der Waals surface area contributed by atoms with Crippen molar-refractivity contribution in [2.75, 3.05) is 20.3 Å². The van der Waals surface area contributed by atoms with Gasteiger partial charge in [0.2, 0.25) is 0 Å². The molecule has 0 spiro atoms. The highest BCUT2D eigenvalue weighted by molar-refractivity contribution is 5.94. The molecule has 0 aliphatic carbocycles. The Labute approximate surface area is 155 Å². The molecule has 5 nitrogen and oxygen atoms in total.